The standard InChI is InChI=1S/C13H16N2O6/c16-12(17)10-2-1-9(15(19)20)7-11(10)14-8-13(18)3-5-21-6-4-13/h1-2,7,14,18H,3-6,8H2,(H,16,17). The van der Waals surface area contributed by atoms with Crippen molar-refractivity contribution in [3.05, 3.63) is 33.9 Å². The van der Waals surface area contributed by atoms with Crippen LogP contribution in [0.3, 0.4) is 0 Å². The van der Waals surface area contributed by atoms with E-state index in [-0.39, 0.29) is 23.5 Å². The third kappa shape index (κ3) is 3.67. The lowest BCUT2D eigenvalue weighted by atomic mass is 9.94. The monoisotopic (exact) mass is 296 g/mol. The van der Waals surface area contributed by atoms with Gasteiger partial charge in [-0.1, -0.05) is 0 Å². The van der Waals surface area contributed by atoms with E-state index in [0.717, 1.165) is 12.1 Å². The molecule has 1 aliphatic rings. The van der Waals surface area contributed by atoms with E-state index >= 15 is 0 Å². The van der Waals surface area contributed by atoms with Crippen LogP contribution in [-0.2, 0) is 4.74 Å². The van der Waals surface area contributed by atoms with E-state index < -0.39 is 16.5 Å². The molecule has 0 saturated carbocycles. The van der Waals surface area contributed by atoms with Crippen LogP contribution in [0.15, 0.2) is 18.2 Å². The molecule has 114 valence electrons. The summed E-state index contributed by atoms with van der Waals surface area (Å²) in [5.41, 5.74) is -1.16. The van der Waals surface area contributed by atoms with Crippen molar-refractivity contribution >= 4 is 17.3 Å². The molecule has 1 heterocycles. The van der Waals surface area contributed by atoms with Gasteiger partial charge in [0.15, 0.2) is 0 Å². The largest absolute Gasteiger partial charge is 0.478 e. The molecule has 2 rings (SSSR count). The number of non-ortho nitro benzene ring substituents is 1. The first-order chi connectivity index (χ1) is 9.91. The maximum absolute atomic E-state index is 11.1. The highest BCUT2D eigenvalue weighted by molar-refractivity contribution is 5.94. The van der Waals surface area contributed by atoms with E-state index in [2.05, 4.69) is 5.32 Å². The van der Waals surface area contributed by atoms with Crippen molar-refractivity contribution < 1.29 is 24.7 Å². The zero-order chi connectivity index (χ0) is 15.5. The van der Waals surface area contributed by atoms with Gasteiger partial charge >= 0.3 is 5.97 Å². The van der Waals surface area contributed by atoms with Crippen LogP contribution in [-0.4, -0.2) is 46.5 Å². The summed E-state index contributed by atoms with van der Waals surface area (Å²) < 4.78 is 5.16. The summed E-state index contributed by atoms with van der Waals surface area (Å²) in [5, 5.41) is 33.0. The van der Waals surface area contributed by atoms with Crippen LogP contribution in [0.25, 0.3) is 0 Å². The third-order valence-electron chi connectivity index (χ3n) is 3.48. The Labute approximate surface area is 120 Å². The van der Waals surface area contributed by atoms with E-state index in [4.69, 9.17) is 9.84 Å². The van der Waals surface area contributed by atoms with E-state index in [1.165, 1.54) is 6.07 Å². The van der Waals surface area contributed by atoms with Crippen LogP contribution < -0.4 is 5.32 Å². The predicted molar refractivity (Wildman–Crippen MR) is 73.5 cm³/mol. The Kier molecular flexibility index (Phi) is 4.39. The summed E-state index contributed by atoms with van der Waals surface area (Å²) in [6.07, 6.45) is 0.856. The van der Waals surface area contributed by atoms with Crippen LogP contribution in [0.2, 0.25) is 0 Å². The van der Waals surface area contributed by atoms with Gasteiger partial charge in [-0.25, -0.2) is 4.79 Å². The van der Waals surface area contributed by atoms with Crippen LogP contribution in [0, 0.1) is 10.1 Å². The maximum atomic E-state index is 11.1. The first kappa shape index (κ1) is 15.2. The summed E-state index contributed by atoms with van der Waals surface area (Å²) in [7, 11) is 0. The Morgan fingerprint density at radius 3 is 2.67 bits per heavy atom. The minimum Gasteiger partial charge on any atom is -0.478 e. The summed E-state index contributed by atoms with van der Waals surface area (Å²) in [6, 6.07) is 3.47. The van der Waals surface area contributed by atoms with Gasteiger partial charge < -0.3 is 20.3 Å². The van der Waals surface area contributed by atoms with E-state index in [0.29, 0.717) is 26.1 Å². The highest BCUT2D eigenvalue weighted by Crippen LogP contribution is 2.26. The van der Waals surface area contributed by atoms with Crippen LogP contribution >= 0.6 is 0 Å². The normalized spacial score (nSPS) is 17.2. The van der Waals surface area contributed by atoms with Crippen molar-refractivity contribution in [3.8, 4) is 0 Å². The number of carbonyl (C=O) groups is 1. The summed E-state index contributed by atoms with van der Waals surface area (Å²) in [6.45, 7) is 0.968. The second kappa shape index (κ2) is 6.06. The number of nitrogens with zero attached hydrogens (tertiary/aromatic N) is 1. The molecule has 0 radical (unpaired) electrons. The fourth-order valence-electron chi connectivity index (χ4n) is 2.17. The number of hydrogen-bond acceptors (Lipinski definition) is 6. The van der Waals surface area contributed by atoms with Crippen molar-refractivity contribution in [2.75, 3.05) is 25.1 Å². The highest BCUT2D eigenvalue weighted by Gasteiger charge is 2.30. The van der Waals surface area contributed by atoms with Crippen molar-refractivity contribution in [1.82, 2.24) is 0 Å². The topological polar surface area (TPSA) is 122 Å². The Bertz CT molecular complexity index is 554. The Balaban J connectivity index is 2.18. The number of ether oxygens (including phenoxy) is 1. The quantitative estimate of drug-likeness (QED) is 0.552. The Morgan fingerprint density at radius 2 is 2.10 bits per heavy atom. The summed E-state index contributed by atoms with van der Waals surface area (Å²) in [5.74, 6) is -1.19. The number of carboxylic acids is 1. The first-order valence-electron chi connectivity index (χ1n) is 6.47. The molecule has 1 saturated heterocycles. The van der Waals surface area contributed by atoms with Gasteiger partial charge in [-0.15, -0.1) is 0 Å². The lowest BCUT2D eigenvalue weighted by molar-refractivity contribution is -0.384. The smallest absolute Gasteiger partial charge is 0.337 e. The van der Waals surface area contributed by atoms with Gasteiger partial charge in [0.25, 0.3) is 5.69 Å². The molecule has 1 aliphatic heterocycles. The lowest BCUT2D eigenvalue weighted by Crippen LogP contribution is -2.42. The van der Waals surface area contributed by atoms with E-state index in [1.807, 2.05) is 0 Å². The lowest BCUT2D eigenvalue weighted by Gasteiger charge is -2.32. The molecule has 8 heteroatoms. The summed E-state index contributed by atoms with van der Waals surface area (Å²) >= 11 is 0. The number of rotatable bonds is 5. The average Bonchev–Trinajstić information content (AvgIpc) is 2.45. The SMILES string of the molecule is O=C(O)c1ccc([N+](=O)[O-])cc1NCC1(O)CCOCC1. The van der Waals surface area contributed by atoms with Crippen molar-refractivity contribution in [1.29, 1.82) is 0 Å². The zero-order valence-corrected chi connectivity index (χ0v) is 11.2. The van der Waals surface area contributed by atoms with Crippen LogP contribution in [0.1, 0.15) is 23.2 Å². The molecule has 0 bridgehead atoms. The molecular weight excluding hydrogens is 280 g/mol. The van der Waals surface area contributed by atoms with Gasteiger partial charge in [0.2, 0.25) is 0 Å². The number of aliphatic hydroxyl groups is 1. The van der Waals surface area contributed by atoms with Gasteiger partial charge in [-0.05, 0) is 6.07 Å². The number of carboxylic acid groups (broad SMARTS) is 1. The molecule has 0 aromatic heterocycles. The Morgan fingerprint density at radius 1 is 1.43 bits per heavy atom. The number of benzene rings is 1. The predicted octanol–water partition coefficient (Wildman–Crippen LogP) is 1.25. The summed E-state index contributed by atoms with van der Waals surface area (Å²) in [4.78, 5) is 21.3. The van der Waals surface area contributed by atoms with Crippen LogP contribution in [0.5, 0.6) is 0 Å². The molecule has 1 fully saturated rings. The van der Waals surface area contributed by atoms with E-state index in [9.17, 15) is 20.0 Å². The van der Waals surface area contributed by atoms with Gasteiger partial charge in [0.1, 0.15) is 0 Å². The molecule has 0 spiro atoms. The molecule has 0 aliphatic carbocycles. The molecule has 21 heavy (non-hydrogen) atoms. The van der Waals surface area contributed by atoms with Crippen molar-refractivity contribution in [3.63, 3.8) is 0 Å². The van der Waals surface area contributed by atoms with Gasteiger partial charge in [-0.2, -0.15) is 0 Å². The second-order valence-corrected chi connectivity index (χ2v) is 4.98. The minimum atomic E-state index is -1.19. The molecule has 3 N–H and O–H groups in total. The molecule has 0 amide bonds. The third-order valence-corrected chi connectivity index (χ3v) is 3.48. The molecule has 1 aromatic carbocycles. The fourth-order valence-corrected chi connectivity index (χ4v) is 2.17. The molecule has 0 unspecified atom stereocenters. The second-order valence-electron chi connectivity index (χ2n) is 4.98. The number of aromatic carboxylic acids is 1. The van der Waals surface area contributed by atoms with Gasteiger partial charge in [0.05, 0.1) is 21.8 Å². The number of anilines is 1. The van der Waals surface area contributed by atoms with Gasteiger partial charge in [0, 0.05) is 44.7 Å². The fraction of sp³-hybridized carbons (Fsp3) is 0.462. The van der Waals surface area contributed by atoms with Crippen molar-refractivity contribution in [2.24, 2.45) is 0 Å². The maximum Gasteiger partial charge on any atom is 0.337 e. The number of nitrogens with one attached hydrogen (secondary N) is 1. The zero-order valence-electron chi connectivity index (χ0n) is 11.2. The molecule has 0 atom stereocenters. The Hall–Kier alpha value is -2.19. The van der Waals surface area contributed by atoms with Gasteiger partial charge in [-0.3, -0.25) is 10.1 Å². The average molecular weight is 296 g/mol. The number of nitro groups is 1. The molecule has 1 aromatic rings. The highest BCUT2D eigenvalue weighted by atomic mass is 16.6. The molecule has 8 nitrogen and oxygen atoms in total. The first-order valence-corrected chi connectivity index (χ1v) is 6.47. The minimum absolute atomic E-state index is 0.0729. The number of nitro benzene ring substituents is 1. The molecular formula is C13H16N2O6. The van der Waals surface area contributed by atoms with E-state index in [1.54, 1.807) is 0 Å². The number of hydrogen-bond donors (Lipinski definition) is 3. The van der Waals surface area contributed by atoms with Crippen LogP contribution in [0.4, 0.5) is 11.4 Å². The van der Waals surface area contributed by atoms with Crippen molar-refractivity contribution in [2.45, 2.75) is 18.4 Å².